The zero-order valence-electron chi connectivity index (χ0n) is 13.4. The van der Waals surface area contributed by atoms with Gasteiger partial charge in [-0.15, -0.1) is 0 Å². The Hall–Kier alpha value is -1.88. The van der Waals surface area contributed by atoms with E-state index in [0.717, 1.165) is 50.6 Å². The van der Waals surface area contributed by atoms with E-state index in [2.05, 4.69) is 10.1 Å². The van der Waals surface area contributed by atoms with Crippen LogP contribution in [0.2, 0.25) is 5.02 Å². The van der Waals surface area contributed by atoms with Crippen molar-refractivity contribution in [1.29, 1.82) is 0 Å². The fraction of sp³-hybridized carbons (Fsp3) is 0.500. The summed E-state index contributed by atoms with van der Waals surface area (Å²) in [5, 5.41) is 4.73. The van der Waals surface area contributed by atoms with E-state index in [1.165, 1.54) is 0 Å². The Morgan fingerprint density at radius 2 is 2.08 bits per heavy atom. The Balaban J connectivity index is 1.58. The molecular formula is C18H20ClN3O2. The van der Waals surface area contributed by atoms with Gasteiger partial charge in [-0.25, -0.2) is 0 Å². The molecule has 4 rings (SSSR count). The van der Waals surface area contributed by atoms with E-state index in [1.807, 2.05) is 29.2 Å². The second-order valence-electron chi connectivity index (χ2n) is 6.64. The minimum absolute atomic E-state index is 0.0905. The van der Waals surface area contributed by atoms with Crippen molar-refractivity contribution in [3.63, 3.8) is 0 Å². The van der Waals surface area contributed by atoms with E-state index in [0.29, 0.717) is 16.7 Å². The Morgan fingerprint density at radius 3 is 2.83 bits per heavy atom. The van der Waals surface area contributed by atoms with Crippen LogP contribution in [0.5, 0.6) is 0 Å². The summed E-state index contributed by atoms with van der Waals surface area (Å²) in [5.41, 5.74) is 0.824. The van der Waals surface area contributed by atoms with Crippen molar-refractivity contribution in [1.82, 2.24) is 15.0 Å². The van der Waals surface area contributed by atoms with Gasteiger partial charge in [0.25, 0.3) is 0 Å². The van der Waals surface area contributed by atoms with Gasteiger partial charge in [-0.2, -0.15) is 4.98 Å². The van der Waals surface area contributed by atoms with E-state index >= 15 is 0 Å². The molecule has 1 aromatic carbocycles. The van der Waals surface area contributed by atoms with Gasteiger partial charge in [-0.3, -0.25) is 4.79 Å². The third-order valence-electron chi connectivity index (χ3n) is 5.05. The molecule has 0 bridgehead atoms. The van der Waals surface area contributed by atoms with Crippen LogP contribution in [-0.2, 0) is 4.79 Å². The molecule has 1 saturated heterocycles. The molecule has 1 aliphatic heterocycles. The lowest BCUT2D eigenvalue weighted by molar-refractivity contribution is -0.142. The SMILES string of the molecule is O=C(C1CCC1)N1CCCC[C@H]1c1nc(-c2cccc(Cl)c2)no1. The summed E-state index contributed by atoms with van der Waals surface area (Å²) in [6.07, 6.45) is 6.20. The summed E-state index contributed by atoms with van der Waals surface area (Å²) in [5.74, 6) is 1.51. The lowest BCUT2D eigenvalue weighted by Crippen LogP contribution is -2.43. The van der Waals surface area contributed by atoms with Crippen LogP contribution in [0, 0.1) is 5.92 Å². The summed E-state index contributed by atoms with van der Waals surface area (Å²) in [6.45, 7) is 0.787. The monoisotopic (exact) mass is 345 g/mol. The molecule has 2 fully saturated rings. The molecule has 126 valence electrons. The van der Waals surface area contributed by atoms with Crippen molar-refractivity contribution in [2.24, 2.45) is 5.92 Å². The molecular weight excluding hydrogens is 326 g/mol. The lowest BCUT2D eigenvalue weighted by atomic mass is 9.83. The van der Waals surface area contributed by atoms with Gasteiger partial charge in [0, 0.05) is 23.0 Å². The highest BCUT2D eigenvalue weighted by molar-refractivity contribution is 6.30. The Bertz CT molecular complexity index is 741. The maximum Gasteiger partial charge on any atom is 0.249 e. The van der Waals surface area contributed by atoms with Gasteiger partial charge in [-0.05, 0) is 44.2 Å². The number of benzene rings is 1. The van der Waals surface area contributed by atoms with Crippen molar-refractivity contribution >= 4 is 17.5 Å². The van der Waals surface area contributed by atoms with Gasteiger partial charge in [0.1, 0.15) is 6.04 Å². The molecule has 1 aromatic heterocycles. The molecule has 1 amide bonds. The summed E-state index contributed by atoms with van der Waals surface area (Å²) in [6, 6.07) is 7.30. The molecule has 2 aromatic rings. The van der Waals surface area contributed by atoms with Crippen molar-refractivity contribution in [2.45, 2.75) is 44.6 Å². The van der Waals surface area contributed by atoms with Crippen molar-refractivity contribution < 1.29 is 9.32 Å². The smallest absolute Gasteiger partial charge is 0.249 e. The van der Waals surface area contributed by atoms with Crippen LogP contribution in [0.4, 0.5) is 0 Å². The maximum atomic E-state index is 12.7. The molecule has 1 aliphatic carbocycles. The Kier molecular flexibility index (Phi) is 4.27. The van der Waals surface area contributed by atoms with Gasteiger partial charge >= 0.3 is 0 Å². The number of likely N-dealkylation sites (tertiary alicyclic amines) is 1. The van der Waals surface area contributed by atoms with Gasteiger partial charge in [-0.1, -0.05) is 35.3 Å². The fourth-order valence-corrected chi connectivity index (χ4v) is 3.65. The first-order chi connectivity index (χ1) is 11.7. The zero-order chi connectivity index (χ0) is 16.5. The third-order valence-corrected chi connectivity index (χ3v) is 5.29. The number of amides is 1. The molecule has 0 radical (unpaired) electrons. The second-order valence-corrected chi connectivity index (χ2v) is 7.07. The molecule has 0 unspecified atom stereocenters. The summed E-state index contributed by atoms with van der Waals surface area (Å²) < 4.78 is 5.51. The lowest BCUT2D eigenvalue weighted by Gasteiger charge is -2.38. The highest BCUT2D eigenvalue weighted by Gasteiger charge is 2.37. The number of hydrogen-bond acceptors (Lipinski definition) is 4. The van der Waals surface area contributed by atoms with Crippen molar-refractivity contribution in [3.8, 4) is 11.4 Å². The first kappa shape index (κ1) is 15.6. The number of carbonyl (C=O) groups excluding carboxylic acids is 1. The molecule has 0 N–H and O–H groups in total. The van der Waals surface area contributed by atoms with Crippen LogP contribution in [0.3, 0.4) is 0 Å². The number of rotatable bonds is 3. The topological polar surface area (TPSA) is 59.2 Å². The number of piperidine rings is 1. The Labute approximate surface area is 146 Å². The summed E-state index contributed by atoms with van der Waals surface area (Å²) in [4.78, 5) is 19.2. The minimum Gasteiger partial charge on any atom is -0.337 e. The van der Waals surface area contributed by atoms with E-state index in [4.69, 9.17) is 16.1 Å². The number of carbonyl (C=O) groups is 1. The molecule has 2 aliphatic rings. The van der Waals surface area contributed by atoms with E-state index < -0.39 is 0 Å². The number of aromatic nitrogens is 2. The second kappa shape index (κ2) is 6.55. The van der Waals surface area contributed by atoms with Crippen LogP contribution in [0.25, 0.3) is 11.4 Å². The number of halogens is 1. The highest BCUT2D eigenvalue weighted by Crippen LogP contribution is 2.36. The van der Waals surface area contributed by atoms with Crippen LogP contribution >= 0.6 is 11.6 Å². The largest absolute Gasteiger partial charge is 0.337 e. The molecule has 1 saturated carbocycles. The predicted octanol–water partition coefficient (Wildman–Crippen LogP) is 4.24. The molecule has 0 spiro atoms. The third kappa shape index (κ3) is 2.93. The normalized spacial score (nSPS) is 21.5. The van der Waals surface area contributed by atoms with E-state index in [-0.39, 0.29) is 17.9 Å². The highest BCUT2D eigenvalue weighted by atomic mass is 35.5. The van der Waals surface area contributed by atoms with Crippen molar-refractivity contribution in [2.75, 3.05) is 6.54 Å². The summed E-state index contributed by atoms with van der Waals surface area (Å²) >= 11 is 6.03. The molecule has 1 atom stereocenters. The van der Waals surface area contributed by atoms with Gasteiger partial charge in [0.15, 0.2) is 0 Å². The number of nitrogens with zero attached hydrogens (tertiary/aromatic N) is 3. The minimum atomic E-state index is -0.0905. The van der Waals surface area contributed by atoms with Crippen LogP contribution < -0.4 is 0 Å². The van der Waals surface area contributed by atoms with Crippen LogP contribution in [0.1, 0.15) is 50.5 Å². The molecule has 2 heterocycles. The standard InChI is InChI=1S/C18H20ClN3O2/c19-14-8-4-7-13(11-14)16-20-17(24-21-16)15-9-1-2-10-22(15)18(23)12-5-3-6-12/h4,7-8,11-12,15H,1-3,5-6,9-10H2/t15-/m0/s1. The van der Waals surface area contributed by atoms with Gasteiger partial charge < -0.3 is 9.42 Å². The molecule has 24 heavy (non-hydrogen) atoms. The summed E-state index contributed by atoms with van der Waals surface area (Å²) in [7, 11) is 0. The zero-order valence-corrected chi connectivity index (χ0v) is 14.2. The fourth-order valence-electron chi connectivity index (χ4n) is 3.46. The quantitative estimate of drug-likeness (QED) is 0.834. The van der Waals surface area contributed by atoms with Crippen LogP contribution in [-0.4, -0.2) is 27.5 Å². The predicted molar refractivity (Wildman–Crippen MR) is 90.4 cm³/mol. The molecule has 6 heteroatoms. The van der Waals surface area contributed by atoms with Gasteiger partial charge in [0.05, 0.1) is 0 Å². The molecule has 5 nitrogen and oxygen atoms in total. The van der Waals surface area contributed by atoms with Crippen molar-refractivity contribution in [3.05, 3.63) is 35.2 Å². The maximum absolute atomic E-state index is 12.7. The van der Waals surface area contributed by atoms with Crippen LogP contribution in [0.15, 0.2) is 28.8 Å². The van der Waals surface area contributed by atoms with Gasteiger partial charge in [0.2, 0.25) is 17.6 Å². The first-order valence-corrected chi connectivity index (χ1v) is 9.00. The van der Waals surface area contributed by atoms with E-state index in [9.17, 15) is 4.79 Å². The number of hydrogen-bond donors (Lipinski definition) is 0. The van der Waals surface area contributed by atoms with E-state index in [1.54, 1.807) is 0 Å². The average molecular weight is 346 g/mol. The average Bonchev–Trinajstić information content (AvgIpc) is 3.03. The first-order valence-electron chi connectivity index (χ1n) is 8.62. The Morgan fingerprint density at radius 1 is 1.21 bits per heavy atom.